The molecule has 0 saturated heterocycles. The lowest BCUT2D eigenvalue weighted by molar-refractivity contribution is 0.0911. The number of anilines is 1. The highest BCUT2D eigenvalue weighted by Crippen LogP contribution is 2.19. The second kappa shape index (κ2) is 3.92. The molecule has 0 bridgehead atoms. The van der Waals surface area contributed by atoms with Gasteiger partial charge in [0.2, 0.25) is 0 Å². The summed E-state index contributed by atoms with van der Waals surface area (Å²) in [7, 11) is 0. The van der Waals surface area contributed by atoms with Gasteiger partial charge in [0.05, 0.1) is 6.20 Å². The summed E-state index contributed by atoms with van der Waals surface area (Å²) in [4.78, 5) is 11.7. The number of aromatic amines is 1. The van der Waals surface area contributed by atoms with Gasteiger partial charge in [-0.25, -0.2) is 0 Å². The number of nitrogens with zero attached hydrogens (tertiary/aromatic N) is 1. The average Bonchev–Trinajstić information content (AvgIpc) is 2.49. The van der Waals surface area contributed by atoms with Crippen LogP contribution in [-0.4, -0.2) is 22.1 Å². The quantitative estimate of drug-likeness (QED) is 0.684. The number of aromatic nitrogens is 2. The molecule has 0 aromatic carbocycles. The Labute approximate surface area is 89.4 Å². The predicted molar refractivity (Wildman–Crippen MR) is 59.4 cm³/mol. The van der Waals surface area contributed by atoms with Gasteiger partial charge in [0, 0.05) is 6.04 Å². The largest absolute Gasteiger partial charge is 0.383 e. The van der Waals surface area contributed by atoms with E-state index in [4.69, 9.17) is 5.73 Å². The number of rotatable bonds is 2. The van der Waals surface area contributed by atoms with Crippen LogP contribution in [0.2, 0.25) is 0 Å². The Bertz CT molecular complexity index is 351. The molecule has 1 amide bonds. The van der Waals surface area contributed by atoms with Crippen molar-refractivity contribution in [2.24, 2.45) is 5.41 Å². The van der Waals surface area contributed by atoms with E-state index in [9.17, 15) is 4.79 Å². The Morgan fingerprint density at radius 2 is 2.20 bits per heavy atom. The summed E-state index contributed by atoms with van der Waals surface area (Å²) in [5.41, 5.74) is 5.96. The monoisotopic (exact) mass is 210 g/mol. The molecule has 0 spiro atoms. The lowest BCUT2D eigenvalue weighted by atomic mass is 9.88. The van der Waals surface area contributed by atoms with E-state index in [2.05, 4.69) is 36.3 Å². The Hall–Kier alpha value is -1.52. The van der Waals surface area contributed by atoms with Crippen molar-refractivity contribution in [3.63, 3.8) is 0 Å². The highest BCUT2D eigenvalue weighted by atomic mass is 16.1. The van der Waals surface area contributed by atoms with Crippen LogP contribution in [0.1, 0.15) is 38.1 Å². The van der Waals surface area contributed by atoms with Crippen molar-refractivity contribution in [3.8, 4) is 0 Å². The maximum Gasteiger partial charge on any atom is 0.256 e. The van der Waals surface area contributed by atoms with Crippen LogP contribution in [0.4, 0.5) is 5.82 Å². The maximum atomic E-state index is 11.7. The van der Waals surface area contributed by atoms with Crippen LogP contribution >= 0.6 is 0 Å². The van der Waals surface area contributed by atoms with Crippen LogP contribution in [0.3, 0.4) is 0 Å². The first-order chi connectivity index (χ1) is 6.82. The Morgan fingerprint density at radius 3 is 2.60 bits per heavy atom. The van der Waals surface area contributed by atoms with E-state index in [0.717, 1.165) is 0 Å². The van der Waals surface area contributed by atoms with Crippen molar-refractivity contribution in [3.05, 3.63) is 11.8 Å². The topological polar surface area (TPSA) is 83.8 Å². The smallest absolute Gasteiger partial charge is 0.256 e. The highest BCUT2D eigenvalue weighted by Gasteiger charge is 2.23. The van der Waals surface area contributed by atoms with Crippen LogP contribution in [0.5, 0.6) is 0 Å². The molecule has 1 atom stereocenters. The van der Waals surface area contributed by atoms with E-state index in [1.165, 1.54) is 6.20 Å². The molecule has 5 nitrogen and oxygen atoms in total. The van der Waals surface area contributed by atoms with Crippen molar-refractivity contribution in [2.45, 2.75) is 33.7 Å². The number of nitrogens with two attached hydrogens (primary N) is 1. The van der Waals surface area contributed by atoms with E-state index in [-0.39, 0.29) is 17.4 Å². The minimum Gasteiger partial charge on any atom is -0.383 e. The fraction of sp³-hybridized carbons (Fsp3) is 0.600. The van der Waals surface area contributed by atoms with Crippen LogP contribution < -0.4 is 11.1 Å². The molecular weight excluding hydrogens is 192 g/mol. The van der Waals surface area contributed by atoms with Crippen LogP contribution in [0, 0.1) is 5.41 Å². The summed E-state index contributed by atoms with van der Waals surface area (Å²) in [6, 6.07) is 0.0688. The molecule has 0 aliphatic carbocycles. The highest BCUT2D eigenvalue weighted by molar-refractivity contribution is 5.98. The van der Waals surface area contributed by atoms with Gasteiger partial charge in [-0.1, -0.05) is 20.8 Å². The third-order valence-electron chi connectivity index (χ3n) is 2.56. The van der Waals surface area contributed by atoms with E-state index in [1.807, 2.05) is 6.92 Å². The summed E-state index contributed by atoms with van der Waals surface area (Å²) < 4.78 is 0. The first kappa shape index (κ1) is 11.6. The minimum absolute atomic E-state index is 0.0220. The summed E-state index contributed by atoms with van der Waals surface area (Å²) in [6.07, 6.45) is 1.43. The van der Waals surface area contributed by atoms with E-state index >= 15 is 0 Å². The van der Waals surface area contributed by atoms with Gasteiger partial charge in [0.25, 0.3) is 5.91 Å². The Kier molecular flexibility index (Phi) is 3.02. The van der Waals surface area contributed by atoms with Crippen molar-refractivity contribution >= 4 is 11.7 Å². The lowest BCUT2D eigenvalue weighted by Gasteiger charge is -2.27. The molecular formula is C10H18N4O. The number of nitrogen functional groups attached to an aromatic ring is 1. The van der Waals surface area contributed by atoms with E-state index in [0.29, 0.717) is 11.4 Å². The number of H-pyrrole nitrogens is 1. The second-order valence-electron chi connectivity index (χ2n) is 4.76. The fourth-order valence-electron chi connectivity index (χ4n) is 0.968. The summed E-state index contributed by atoms with van der Waals surface area (Å²) in [5, 5.41) is 9.11. The summed E-state index contributed by atoms with van der Waals surface area (Å²) >= 11 is 0. The first-order valence-electron chi connectivity index (χ1n) is 4.92. The van der Waals surface area contributed by atoms with Gasteiger partial charge in [-0.2, -0.15) is 5.10 Å². The van der Waals surface area contributed by atoms with Gasteiger partial charge in [-0.3, -0.25) is 9.89 Å². The molecule has 5 heteroatoms. The number of carbonyl (C=O) groups is 1. The standard InChI is InChI=1S/C10H18N4O/c1-6(10(2,3)4)13-9(15)7-5-12-14-8(7)11/h5-6H,1-4H3,(H,13,15)(H3,11,12,14). The molecule has 1 aromatic rings. The van der Waals surface area contributed by atoms with Crippen molar-refractivity contribution in [1.29, 1.82) is 0 Å². The zero-order chi connectivity index (χ0) is 11.6. The molecule has 0 aliphatic rings. The minimum atomic E-state index is -0.191. The lowest BCUT2D eigenvalue weighted by Crippen LogP contribution is -2.41. The van der Waals surface area contributed by atoms with Crippen LogP contribution in [0.25, 0.3) is 0 Å². The van der Waals surface area contributed by atoms with Crippen molar-refractivity contribution in [1.82, 2.24) is 15.5 Å². The third-order valence-corrected chi connectivity index (χ3v) is 2.56. The molecule has 1 heterocycles. The second-order valence-corrected chi connectivity index (χ2v) is 4.76. The number of hydrogen-bond donors (Lipinski definition) is 3. The Balaban J connectivity index is 2.69. The SMILES string of the molecule is CC(NC(=O)c1cn[nH]c1N)C(C)(C)C. The third kappa shape index (κ3) is 2.71. The zero-order valence-electron chi connectivity index (χ0n) is 9.59. The van der Waals surface area contributed by atoms with Crippen LogP contribution in [-0.2, 0) is 0 Å². The number of nitrogens with one attached hydrogen (secondary N) is 2. The Morgan fingerprint density at radius 1 is 1.60 bits per heavy atom. The van der Waals surface area contributed by atoms with Gasteiger partial charge in [-0.05, 0) is 12.3 Å². The van der Waals surface area contributed by atoms with E-state index < -0.39 is 0 Å². The number of hydrogen-bond acceptors (Lipinski definition) is 3. The molecule has 1 unspecified atom stereocenters. The molecule has 0 fully saturated rings. The predicted octanol–water partition coefficient (Wildman–Crippen LogP) is 1.16. The first-order valence-corrected chi connectivity index (χ1v) is 4.92. The van der Waals surface area contributed by atoms with Crippen molar-refractivity contribution in [2.75, 3.05) is 5.73 Å². The van der Waals surface area contributed by atoms with Gasteiger partial charge >= 0.3 is 0 Å². The molecule has 0 saturated carbocycles. The summed E-state index contributed by atoms with van der Waals surface area (Å²) in [6.45, 7) is 8.16. The van der Waals surface area contributed by atoms with Gasteiger partial charge < -0.3 is 11.1 Å². The molecule has 15 heavy (non-hydrogen) atoms. The summed E-state index contributed by atoms with van der Waals surface area (Å²) in [5.74, 6) is 0.109. The average molecular weight is 210 g/mol. The molecule has 0 aliphatic heterocycles. The molecule has 1 rings (SSSR count). The normalized spacial score (nSPS) is 13.6. The molecule has 0 radical (unpaired) electrons. The molecule has 4 N–H and O–H groups in total. The molecule has 84 valence electrons. The zero-order valence-corrected chi connectivity index (χ0v) is 9.59. The van der Waals surface area contributed by atoms with Crippen LogP contribution in [0.15, 0.2) is 6.20 Å². The van der Waals surface area contributed by atoms with Gasteiger partial charge in [0.15, 0.2) is 0 Å². The van der Waals surface area contributed by atoms with Gasteiger partial charge in [0.1, 0.15) is 11.4 Å². The van der Waals surface area contributed by atoms with Gasteiger partial charge in [-0.15, -0.1) is 0 Å². The molecule has 1 aromatic heterocycles. The fourth-order valence-corrected chi connectivity index (χ4v) is 0.968. The number of amides is 1. The van der Waals surface area contributed by atoms with Crippen molar-refractivity contribution < 1.29 is 4.79 Å². The number of carbonyl (C=O) groups excluding carboxylic acids is 1. The maximum absolute atomic E-state index is 11.7. The van der Waals surface area contributed by atoms with E-state index in [1.54, 1.807) is 0 Å².